The highest BCUT2D eigenvalue weighted by molar-refractivity contribution is 8.00. The van der Waals surface area contributed by atoms with Gasteiger partial charge in [0, 0.05) is 23.1 Å². The lowest BCUT2D eigenvalue weighted by atomic mass is 9.94. The van der Waals surface area contributed by atoms with Crippen molar-refractivity contribution in [2.24, 2.45) is 0 Å². The number of nitrogens with one attached hydrogen (secondary N) is 3. The number of methoxy groups -OCH3 is 1. The van der Waals surface area contributed by atoms with Gasteiger partial charge in [-0.25, -0.2) is 0 Å². The number of carbonyl (C=O) groups excluding carboxylic acids is 1. The summed E-state index contributed by atoms with van der Waals surface area (Å²) in [5.74, 6) is 1.03. The standard InChI is InChI=1S/C23H26N4O5S/c1-23(2)10-13(6-7-32-23)27-20-18(22(30)26-27)19(33-11-17(28)25-20)15-9-12-8-14(31-3)4-5-16(12)24-21(15)29/h4-5,8-9,13,19H,6-7,10-11H2,1-3H3,(H,24,29)(H,25,28)(H,26,30). The maximum Gasteiger partial charge on any atom is 0.270 e. The summed E-state index contributed by atoms with van der Waals surface area (Å²) in [5.41, 5.74) is 0.559. The molecule has 2 unspecified atom stereocenters. The number of benzene rings is 1. The number of pyridine rings is 1. The van der Waals surface area contributed by atoms with Crippen LogP contribution in [0.2, 0.25) is 0 Å². The molecule has 1 fully saturated rings. The highest BCUT2D eigenvalue weighted by Gasteiger charge is 2.36. The van der Waals surface area contributed by atoms with Crippen molar-refractivity contribution in [1.29, 1.82) is 0 Å². The fourth-order valence-electron chi connectivity index (χ4n) is 4.71. The third-order valence-corrected chi connectivity index (χ3v) is 7.51. The summed E-state index contributed by atoms with van der Waals surface area (Å²) in [7, 11) is 1.58. The summed E-state index contributed by atoms with van der Waals surface area (Å²) in [6, 6.07) is 7.14. The van der Waals surface area contributed by atoms with Crippen molar-refractivity contribution in [1.82, 2.24) is 14.8 Å². The Labute approximate surface area is 193 Å². The molecule has 10 heteroatoms. The van der Waals surface area contributed by atoms with E-state index in [1.807, 2.05) is 19.9 Å². The van der Waals surface area contributed by atoms with E-state index in [4.69, 9.17) is 9.47 Å². The van der Waals surface area contributed by atoms with Crippen molar-refractivity contribution in [3.05, 3.63) is 56.1 Å². The highest BCUT2D eigenvalue weighted by Crippen LogP contribution is 2.41. The molecule has 2 aromatic heterocycles. The van der Waals surface area contributed by atoms with E-state index in [9.17, 15) is 14.4 Å². The molecule has 0 bridgehead atoms. The largest absolute Gasteiger partial charge is 0.497 e. The summed E-state index contributed by atoms with van der Waals surface area (Å²) >= 11 is 1.27. The predicted molar refractivity (Wildman–Crippen MR) is 127 cm³/mol. The van der Waals surface area contributed by atoms with Gasteiger partial charge in [0.1, 0.15) is 11.6 Å². The van der Waals surface area contributed by atoms with Crippen molar-refractivity contribution in [3.8, 4) is 5.75 Å². The highest BCUT2D eigenvalue weighted by atomic mass is 32.2. The molecule has 3 aromatic rings. The molecule has 2 atom stereocenters. The minimum absolute atomic E-state index is 0.0339. The second-order valence-electron chi connectivity index (χ2n) is 9.07. The van der Waals surface area contributed by atoms with Crippen LogP contribution in [0.3, 0.4) is 0 Å². The van der Waals surface area contributed by atoms with Crippen LogP contribution < -0.4 is 21.2 Å². The number of aromatic amines is 2. The van der Waals surface area contributed by atoms with Gasteiger partial charge in [-0.3, -0.25) is 24.2 Å². The molecule has 0 spiro atoms. The first-order valence-electron chi connectivity index (χ1n) is 10.9. The Morgan fingerprint density at radius 1 is 1.18 bits per heavy atom. The average Bonchev–Trinajstić information content (AvgIpc) is 2.98. The van der Waals surface area contributed by atoms with Crippen LogP contribution in [0.4, 0.5) is 5.82 Å². The van der Waals surface area contributed by atoms with Crippen molar-refractivity contribution >= 4 is 34.4 Å². The molecule has 0 radical (unpaired) electrons. The number of H-pyrrole nitrogens is 2. The van der Waals surface area contributed by atoms with Crippen LogP contribution in [0.5, 0.6) is 5.75 Å². The predicted octanol–water partition coefficient (Wildman–Crippen LogP) is 2.93. The van der Waals surface area contributed by atoms with Gasteiger partial charge in [-0.05, 0) is 51.0 Å². The lowest BCUT2D eigenvalue weighted by Gasteiger charge is -2.36. The monoisotopic (exact) mass is 470 g/mol. The van der Waals surface area contributed by atoms with Crippen molar-refractivity contribution in [2.75, 3.05) is 24.8 Å². The zero-order chi connectivity index (χ0) is 23.3. The van der Waals surface area contributed by atoms with Crippen LogP contribution in [0.1, 0.15) is 49.1 Å². The second-order valence-corrected chi connectivity index (χ2v) is 10.2. The maximum atomic E-state index is 13.2. The molecule has 4 heterocycles. The third-order valence-electron chi connectivity index (χ3n) is 6.26. The first-order valence-corrected chi connectivity index (χ1v) is 11.9. The van der Waals surface area contributed by atoms with Crippen LogP contribution in [0.15, 0.2) is 33.9 Å². The maximum absolute atomic E-state index is 13.2. The number of fused-ring (bicyclic) bond motifs is 2. The first kappa shape index (κ1) is 21.8. The summed E-state index contributed by atoms with van der Waals surface area (Å²) in [5, 5.41) is 6.03. The van der Waals surface area contributed by atoms with E-state index in [1.54, 1.807) is 30.0 Å². The van der Waals surface area contributed by atoms with Gasteiger partial charge in [0.05, 0.1) is 35.3 Å². The number of rotatable bonds is 3. The SMILES string of the molecule is COc1ccc2[nH]c(=O)c(C3SCC(=O)Nc4c3c(=O)[nH]n4C3CCOC(C)(C)C3)cc2c1. The molecule has 9 nitrogen and oxygen atoms in total. The van der Waals surface area contributed by atoms with E-state index in [0.717, 1.165) is 5.39 Å². The quantitative estimate of drug-likeness (QED) is 0.542. The lowest BCUT2D eigenvalue weighted by Crippen LogP contribution is -2.36. The van der Waals surface area contributed by atoms with E-state index in [1.165, 1.54) is 11.8 Å². The van der Waals surface area contributed by atoms with Gasteiger partial charge in [-0.1, -0.05) is 0 Å². The molecule has 1 aromatic carbocycles. The van der Waals surface area contributed by atoms with Gasteiger partial charge in [0.2, 0.25) is 5.91 Å². The number of nitrogens with zero attached hydrogens (tertiary/aromatic N) is 1. The number of hydrogen-bond acceptors (Lipinski definition) is 6. The molecule has 0 saturated carbocycles. The van der Waals surface area contributed by atoms with Gasteiger partial charge in [0.15, 0.2) is 0 Å². The van der Waals surface area contributed by atoms with Gasteiger partial charge in [0.25, 0.3) is 11.1 Å². The van der Waals surface area contributed by atoms with Gasteiger partial charge < -0.3 is 19.8 Å². The fourth-order valence-corrected chi connectivity index (χ4v) is 5.84. The van der Waals surface area contributed by atoms with Gasteiger partial charge in [-0.15, -0.1) is 11.8 Å². The topological polar surface area (TPSA) is 118 Å². The van der Waals surface area contributed by atoms with E-state index in [0.29, 0.717) is 47.7 Å². The molecule has 0 aliphatic carbocycles. The summed E-state index contributed by atoms with van der Waals surface area (Å²) < 4.78 is 12.9. The molecule has 1 amide bonds. The number of hydrogen-bond donors (Lipinski definition) is 3. The first-order chi connectivity index (χ1) is 15.8. The molecule has 2 aliphatic heterocycles. The van der Waals surface area contributed by atoms with Crippen LogP contribution in [-0.4, -0.2) is 45.7 Å². The van der Waals surface area contributed by atoms with Gasteiger partial charge >= 0.3 is 0 Å². The zero-order valence-electron chi connectivity index (χ0n) is 18.7. The summed E-state index contributed by atoms with van der Waals surface area (Å²) in [4.78, 5) is 41.7. The molecule has 5 rings (SSSR count). The average molecular weight is 471 g/mol. The molecule has 174 valence electrons. The van der Waals surface area contributed by atoms with Crippen molar-refractivity contribution < 1.29 is 14.3 Å². The zero-order valence-corrected chi connectivity index (χ0v) is 19.5. The number of amides is 1. The number of thioether (sulfide) groups is 1. The number of anilines is 1. The number of aromatic nitrogens is 3. The Bertz CT molecular complexity index is 1360. The summed E-state index contributed by atoms with van der Waals surface area (Å²) in [6.07, 6.45) is 1.40. The normalized spacial score (nSPS) is 22.5. The smallest absolute Gasteiger partial charge is 0.270 e. The van der Waals surface area contributed by atoms with Crippen molar-refractivity contribution in [2.45, 2.75) is 43.6 Å². The number of ether oxygens (including phenoxy) is 2. The Balaban J connectivity index is 1.65. The molecule has 2 aliphatic rings. The fraction of sp³-hybridized carbons (Fsp3) is 0.435. The Morgan fingerprint density at radius 3 is 2.76 bits per heavy atom. The lowest BCUT2D eigenvalue weighted by molar-refractivity contribution is -0.113. The minimum atomic E-state index is -0.601. The summed E-state index contributed by atoms with van der Waals surface area (Å²) in [6.45, 7) is 4.59. The minimum Gasteiger partial charge on any atom is -0.497 e. The van der Waals surface area contributed by atoms with E-state index < -0.39 is 5.25 Å². The van der Waals surface area contributed by atoms with E-state index >= 15 is 0 Å². The third kappa shape index (κ3) is 3.97. The van der Waals surface area contributed by atoms with E-state index in [-0.39, 0.29) is 34.4 Å². The molecule has 3 N–H and O–H groups in total. The second kappa shape index (κ2) is 8.11. The molecule has 1 saturated heterocycles. The molecule has 33 heavy (non-hydrogen) atoms. The Kier molecular flexibility index (Phi) is 5.37. The van der Waals surface area contributed by atoms with Gasteiger partial charge in [-0.2, -0.15) is 0 Å². The molecular weight excluding hydrogens is 444 g/mol. The van der Waals surface area contributed by atoms with Crippen LogP contribution >= 0.6 is 11.8 Å². The van der Waals surface area contributed by atoms with Crippen LogP contribution in [0, 0.1) is 0 Å². The number of carbonyl (C=O) groups is 1. The Morgan fingerprint density at radius 2 is 2.00 bits per heavy atom. The van der Waals surface area contributed by atoms with Crippen LogP contribution in [0.25, 0.3) is 10.9 Å². The molecular formula is C23H26N4O5S. The Hall–Kier alpha value is -2.98. The van der Waals surface area contributed by atoms with Crippen LogP contribution in [-0.2, 0) is 9.53 Å². The van der Waals surface area contributed by atoms with E-state index in [2.05, 4.69) is 15.4 Å². The van der Waals surface area contributed by atoms with Crippen molar-refractivity contribution in [3.63, 3.8) is 0 Å².